The van der Waals surface area contributed by atoms with Crippen molar-refractivity contribution in [3.8, 4) is 0 Å². The van der Waals surface area contributed by atoms with Crippen LogP contribution in [-0.2, 0) is 4.79 Å². The minimum Gasteiger partial charge on any atom is -0.347 e. The van der Waals surface area contributed by atoms with E-state index in [0.29, 0.717) is 29.6 Å². The lowest BCUT2D eigenvalue weighted by Crippen LogP contribution is -2.37. The normalized spacial score (nSPS) is 22.2. The number of benzene rings is 1. The van der Waals surface area contributed by atoms with E-state index in [-0.39, 0.29) is 17.9 Å². The van der Waals surface area contributed by atoms with Crippen molar-refractivity contribution < 1.29 is 9.59 Å². The summed E-state index contributed by atoms with van der Waals surface area (Å²) in [7, 11) is 0. The van der Waals surface area contributed by atoms with Crippen LogP contribution in [0.3, 0.4) is 0 Å². The number of carbonyl (C=O) groups is 2. The second kappa shape index (κ2) is 5.37. The molecule has 1 heterocycles. The van der Waals surface area contributed by atoms with Crippen LogP contribution in [0.4, 0.5) is 0 Å². The number of nitrogens with zero attached hydrogens (tertiary/aromatic N) is 1. The molecule has 0 bridgehead atoms. The smallest absolute Gasteiger partial charge is 0.253 e. The van der Waals surface area contributed by atoms with Gasteiger partial charge in [0.2, 0.25) is 5.91 Å². The fourth-order valence-electron chi connectivity index (χ4n) is 2.50. The maximum absolute atomic E-state index is 12.2. The molecule has 2 amide bonds. The van der Waals surface area contributed by atoms with E-state index in [2.05, 4.69) is 21.2 Å². The van der Waals surface area contributed by atoms with Gasteiger partial charge in [0.05, 0.1) is 16.6 Å². The van der Waals surface area contributed by atoms with Crippen molar-refractivity contribution in [2.45, 2.75) is 31.3 Å². The van der Waals surface area contributed by atoms with Crippen LogP contribution in [0.25, 0.3) is 0 Å². The van der Waals surface area contributed by atoms with E-state index < -0.39 is 0 Å². The van der Waals surface area contributed by atoms with Crippen molar-refractivity contribution in [2.24, 2.45) is 0 Å². The lowest BCUT2D eigenvalue weighted by atomic mass is 10.2. The Morgan fingerprint density at radius 3 is 2.85 bits per heavy atom. The van der Waals surface area contributed by atoms with Crippen LogP contribution in [0.15, 0.2) is 22.7 Å². The molecule has 3 rings (SSSR count). The zero-order valence-electron chi connectivity index (χ0n) is 10.7. The molecule has 6 heteroatoms. The molecule has 0 spiro atoms. The van der Waals surface area contributed by atoms with Gasteiger partial charge in [-0.1, -0.05) is 27.5 Å². The molecule has 1 atom stereocenters. The van der Waals surface area contributed by atoms with E-state index in [0.717, 1.165) is 17.3 Å². The standard InChI is InChI=1S/C14H14BrClN2O2/c15-8-1-4-12(16)11(5-8)14(20)17-9-6-13(19)18(7-9)10-2-3-10/h1,4-5,9-10H,2-3,6-7H2,(H,17,20)/t9-/m0/s1. The third-order valence-corrected chi connectivity index (χ3v) is 4.48. The van der Waals surface area contributed by atoms with Gasteiger partial charge in [-0.2, -0.15) is 0 Å². The third kappa shape index (κ3) is 2.83. The minimum atomic E-state index is -0.230. The summed E-state index contributed by atoms with van der Waals surface area (Å²) in [6, 6.07) is 5.43. The van der Waals surface area contributed by atoms with Crippen LogP contribution in [-0.4, -0.2) is 35.3 Å². The van der Waals surface area contributed by atoms with Gasteiger partial charge in [-0.05, 0) is 31.0 Å². The molecule has 1 aliphatic carbocycles. The van der Waals surface area contributed by atoms with E-state index in [1.165, 1.54) is 0 Å². The van der Waals surface area contributed by atoms with E-state index in [1.54, 1.807) is 18.2 Å². The zero-order chi connectivity index (χ0) is 14.3. The molecule has 1 saturated heterocycles. The topological polar surface area (TPSA) is 49.4 Å². The van der Waals surface area contributed by atoms with Crippen LogP contribution < -0.4 is 5.32 Å². The molecular weight excluding hydrogens is 344 g/mol. The average Bonchev–Trinajstić information content (AvgIpc) is 3.17. The van der Waals surface area contributed by atoms with Gasteiger partial charge < -0.3 is 10.2 Å². The lowest BCUT2D eigenvalue weighted by molar-refractivity contribution is -0.128. The van der Waals surface area contributed by atoms with Crippen LogP contribution in [0.2, 0.25) is 5.02 Å². The second-order valence-electron chi connectivity index (χ2n) is 5.28. The molecule has 1 aromatic carbocycles. The van der Waals surface area contributed by atoms with Gasteiger partial charge in [0, 0.05) is 23.5 Å². The van der Waals surface area contributed by atoms with Gasteiger partial charge >= 0.3 is 0 Å². The molecule has 1 N–H and O–H groups in total. The first-order valence-corrected chi connectivity index (χ1v) is 7.77. The molecule has 2 fully saturated rings. The zero-order valence-corrected chi connectivity index (χ0v) is 13.1. The summed E-state index contributed by atoms with van der Waals surface area (Å²) >= 11 is 9.36. The highest BCUT2D eigenvalue weighted by atomic mass is 79.9. The first-order valence-electron chi connectivity index (χ1n) is 6.60. The van der Waals surface area contributed by atoms with Crippen LogP contribution >= 0.6 is 27.5 Å². The Balaban J connectivity index is 1.67. The summed E-state index contributed by atoms with van der Waals surface area (Å²) in [4.78, 5) is 26.0. The predicted molar refractivity (Wildman–Crippen MR) is 79.8 cm³/mol. The van der Waals surface area contributed by atoms with Gasteiger partial charge in [-0.25, -0.2) is 0 Å². The number of carbonyl (C=O) groups excluding carboxylic acids is 2. The molecule has 0 aromatic heterocycles. The number of halogens is 2. The van der Waals surface area contributed by atoms with Gasteiger partial charge in [-0.15, -0.1) is 0 Å². The minimum absolute atomic E-state index is 0.120. The van der Waals surface area contributed by atoms with Gasteiger partial charge in [0.1, 0.15) is 0 Å². The summed E-state index contributed by atoms with van der Waals surface area (Å²) in [6.07, 6.45) is 2.56. The Morgan fingerprint density at radius 2 is 2.15 bits per heavy atom. The molecular formula is C14H14BrClN2O2. The highest BCUT2D eigenvalue weighted by molar-refractivity contribution is 9.10. The molecule has 0 unspecified atom stereocenters. The number of likely N-dealkylation sites (tertiary alicyclic amines) is 1. The molecule has 1 saturated carbocycles. The Hall–Kier alpha value is -1.07. The van der Waals surface area contributed by atoms with Gasteiger partial charge in [0.15, 0.2) is 0 Å². The molecule has 1 aromatic rings. The Labute approximate surface area is 130 Å². The van der Waals surface area contributed by atoms with Crippen molar-refractivity contribution in [3.63, 3.8) is 0 Å². The van der Waals surface area contributed by atoms with Crippen LogP contribution in [0.1, 0.15) is 29.6 Å². The first-order chi connectivity index (χ1) is 9.54. The van der Waals surface area contributed by atoms with Crippen molar-refractivity contribution in [2.75, 3.05) is 6.54 Å². The van der Waals surface area contributed by atoms with Crippen LogP contribution in [0, 0.1) is 0 Å². The fraction of sp³-hybridized carbons (Fsp3) is 0.429. The molecule has 2 aliphatic rings. The molecule has 4 nitrogen and oxygen atoms in total. The molecule has 1 aliphatic heterocycles. The largest absolute Gasteiger partial charge is 0.347 e. The van der Waals surface area contributed by atoms with Gasteiger partial charge in [0.25, 0.3) is 5.91 Å². The summed E-state index contributed by atoms with van der Waals surface area (Å²) in [5, 5.41) is 3.31. The first kappa shape index (κ1) is 13.9. The number of amides is 2. The number of hydrogen-bond donors (Lipinski definition) is 1. The summed E-state index contributed by atoms with van der Waals surface area (Å²) < 4.78 is 0.800. The lowest BCUT2D eigenvalue weighted by Gasteiger charge is -2.16. The number of hydrogen-bond acceptors (Lipinski definition) is 2. The summed E-state index contributed by atoms with van der Waals surface area (Å²) in [6.45, 7) is 0.612. The van der Waals surface area contributed by atoms with Crippen molar-refractivity contribution in [3.05, 3.63) is 33.3 Å². The van der Waals surface area contributed by atoms with Crippen molar-refractivity contribution in [1.82, 2.24) is 10.2 Å². The number of nitrogens with one attached hydrogen (secondary N) is 1. The van der Waals surface area contributed by atoms with E-state index in [9.17, 15) is 9.59 Å². The molecule has 20 heavy (non-hydrogen) atoms. The quantitative estimate of drug-likeness (QED) is 0.904. The highest BCUT2D eigenvalue weighted by Gasteiger charge is 2.39. The van der Waals surface area contributed by atoms with E-state index in [1.807, 2.05) is 4.90 Å². The van der Waals surface area contributed by atoms with E-state index in [4.69, 9.17) is 11.6 Å². The van der Waals surface area contributed by atoms with Gasteiger partial charge in [-0.3, -0.25) is 9.59 Å². The number of rotatable bonds is 3. The second-order valence-corrected chi connectivity index (χ2v) is 6.60. The Kier molecular flexibility index (Phi) is 3.73. The maximum atomic E-state index is 12.2. The average molecular weight is 358 g/mol. The van der Waals surface area contributed by atoms with E-state index >= 15 is 0 Å². The molecule has 0 radical (unpaired) electrons. The Morgan fingerprint density at radius 1 is 1.40 bits per heavy atom. The monoisotopic (exact) mass is 356 g/mol. The maximum Gasteiger partial charge on any atom is 0.253 e. The Bertz CT molecular complexity index is 574. The summed E-state index contributed by atoms with van der Waals surface area (Å²) in [5.41, 5.74) is 0.429. The SMILES string of the molecule is O=C(N[C@H]1CC(=O)N(C2CC2)C1)c1cc(Br)ccc1Cl. The molecule has 106 valence electrons. The summed E-state index contributed by atoms with van der Waals surface area (Å²) in [5.74, 6) is -0.0927. The van der Waals surface area contributed by atoms with Crippen molar-refractivity contribution in [1.29, 1.82) is 0 Å². The van der Waals surface area contributed by atoms with Crippen LogP contribution in [0.5, 0.6) is 0 Å². The fourth-order valence-corrected chi connectivity index (χ4v) is 3.07. The highest BCUT2D eigenvalue weighted by Crippen LogP contribution is 2.30. The predicted octanol–water partition coefficient (Wildman–Crippen LogP) is 2.60. The van der Waals surface area contributed by atoms with Crippen molar-refractivity contribution >= 4 is 39.3 Å². The third-order valence-electron chi connectivity index (χ3n) is 3.65.